The topological polar surface area (TPSA) is 74.4 Å². The summed E-state index contributed by atoms with van der Waals surface area (Å²) >= 11 is 0. The van der Waals surface area contributed by atoms with Crippen molar-refractivity contribution in [2.45, 2.75) is 56.4 Å². The molecule has 5 rings (SSSR count). The van der Waals surface area contributed by atoms with E-state index in [4.69, 9.17) is 18.9 Å². The van der Waals surface area contributed by atoms with E-state index in [0.717, 1.165) is 5.57 Å². The van der Waals surface area contributed by atoms with Gasteiger partial charge in [0.1, 0.15) is 6.10 Å². The lowest BCUT2D eigenvalue weighted by Gasteiger charge is -2.29. The fraction of sp³-hybridized carbons (Fsp3) is 0.600. The van der Waals surface area contributed by atoms with E-state index < -0.39 is 23.5 Å². The Balaban J connectivity index is 1.73. The van der Waals surface area contributed by atoms with Gasteiger partial charge in [-0.2, -0.15) is 0 Å². The van der Waals surface area contributed by atoms with Crippen LogP contribution < -0.4 is 0 Å². The predicted octanol–water partition coefficient (Wildman–Crippen LogP) is 0.758. The van der Waals surface area contributed by atoms with E-state index in [9.17, 15) is 9.59 Å². The summed E-state index contributed by atoms with van der Waals surface area (Å²) in [6.07, 6.45) is 1.97. The lowest BCUT2D eigenvalue weighted by Crippen LogP contribution is -2.39. The van der Waals surface area contributed by atoms with Crippen molar-refractivity contribution in [1.82, 2.24) is 0 Å². The van der Waals surface area contributed by atoms with Crippen LogP contribution in [0.5, 0.6) is 0 Å². The molecule has 5 aliphatic heterocycles. The van der Waals surface area contributed by atoms with Gasteiger partial charge in [0.05, 0.1) is 11.7 Å². The summed E-state index contributed by atoms with van der Waals surface area (Å²) in [7, 11) is 0. The lowest BCUT2D eigenvalue weighted by molar-refractivity contribution is -0.192. The van der Waals surface area contributed by atoms with Crippen LogP contribution >= 0.6 is 0 Å². The number of hydrogen-bond donors (Lipinski definition) is 0. The second kappa shape index (κ2) is 3.23. The average molecular weight is 290 g/mol. The number of ether oxygens (including phenoxy) is 4. The molecule has 5 aliphatic rings. The molecule has 3 fully saturated rings. The van der Waals surface area contributed by atoms with Crippen molar-refractivity contribution in [3.63, 3.8) is 0 Å². The van der Waals surface area contributed by atoms with Gasteiger partial charge in [0.25, 0.3) is 5.79 Å². The van der Waals surface area contributed by atoms with Crippen LogP contribution in [0.4, 0.5) is 0 Å². The van der Waals surface area contributed by atoms with Crippen LogP contribution in [-0.4, -0.2) is 41.6 Å². The molecule has 0 radical (unpaired) electrons. The summed E-state index contributed by atoms with van der Waals surface area (Å²) in [4.78, 5) is 24.2. The van der Waals surface area contributed by atoms with Gasteiger partial charge in [-0.25, -0.2) is 9.59 Å². The van der Waals surface area contributed by atoms with Crippen molar-refractivity contribution in [2.75, 3.05) is 0 Å². The Kier molecular flexibility index (Phi) is 1.83. The molecule has 21 heavy (non-hydrogen) atoms. The minimum atomic E-state index is -1.22. The molecule has 5 heterocycles. The maximum Gasteiger partial charge on any atom is 0.342 e. The molecule has 6 heteroatoms. The Morgan fingerprint density at radius 3 is 2.81 bits per heavy atom. The molecular formula is C15H14O6. The van der Waals surface area contributed by atoms with Crippen LogP contribution in [0.2, 0.25) is 0 Å². The molecule has 4 bridgehead atoms. The number of rotatable bonds is 0. The highest BCUT2D eigenvalue weighted by Gasteiger charge is 2.76. The smallest absolute Gasteiger partial charge is 0.342 e. The highest BCUT2D eigenvalue weighted by molar-refractivity contribution is 5.94. The molecule has 6 nitrogen and oxygen atoms in total. The highest BCUT2D eigenvalue weighted by Crippen LogP contribution is 2.58. The summed E-state index contributed by atoms with van der Waals surface area (Å²) in [5.41, 5.74) is 1.22. The van der Waals surface area contributed by atoms with Gasteiger partial charge >= 0.3 is 11.9 Å². The second-order valence-electron chi connectivity index (χ2n) is 6.38. The summed E-state index contributed by atoms with van der Waals surface area (Å²) in [6.45, 7) is 3.63. The van der Waals surface area contributed by atoms with E-state index in [1.54, 1.807) is 6.92 Å². The van der Waals surface area contributed by atoms with Crippen molar-refractivity contribution in [3.05, 3.63) is 22.8 Å². The monoisotopic (exact) mass is 290 g/mol. The third kappa shape index (κ3) is 1.18. The molecule has 3 saturated heterocycles. The van der Waals surface area contributed by atoms with E-state index in [-0.39, 0.29) is 18.2 Å². The van der Waals surface area contributed by atoms with Gasteiger partial charge in [0, 0.05) is 5.57 Å². The number of carbonyl (C=O) groups excluding carboxylic acids is 2. The number of esters is 2. The normalized spacial score (nSPS) is 49.6. The minimum absolute atomic E-state index is 0.162. The van der Waals surface area contributed by atoms with Gasteiger partial charge in [-0.15, -0.1) is 0 Å². The number of hydrogen-bond acceptors (Lipinski definition) is 6. The summed E-state index contributed by atoms with van der Waals surface area (Å²) < 4.78 is 22.8. The van der Waals surface area contributed by atoms with Gasteiger partial charge in [-0.1, -0.05) is 0 Å². The van der Waals surface area contributed by atoms with E-state index in [1.807, 2.05) is 13.0 Å². The number of epoxide rings is 1. The molecule has 0 N–H and O–H groups in total. The van der Waals surface area contributed by atoms with Crippen molar-refractivity contribution in [2.24, 2.45) is 0 Å². The Hall–Kier alpha value is -1.66. The summed E-state index contributed by atoms with van der Waals surface area (Å²) in [5.74, 6) is -1.97. The Morgan fingerprint density at radius 1 is 1.24 bits per heavy atom. The highest BCUT2D eigenvalue weighted by atomic mass is 16.7. The molecule has 1 spiro atoms. The maximum atomic E-state index is 12.2. The van der Waals surface area contributed by atoms with Crippen molar-refractivity contribution >= 4 is 11.9 Å². The predicted molar refractivity (Wildman–Crippen MR) is 66.9 cm³/mol. The van der Waals surface area contributed by atoms with Gasteiger partial charge < -0.3 is 18.9 Å². The zero-order valence-corrected chi connectivity index (χ0v) is 11.7. The molecule has 0 unspecified atom stereocenters. The average Bonchev–Trinajstić information content (AvgIpc) is 2.90. The van der Waals surface area contributed by atoms with Crippen molar-refractivity contribution in [3.8, 4) is 0 Å². The van der Waals surface area contributed by atoms with Crippen LogP contribution in [0, 0.1) is 0 Å². The van der Waals surface area contributed by atoms with Crippen molar-refractivity contribution in [1.29, 1.82) is 0 Å². The van der Waals surface area contributed by atoms with E-state index in [2.05, 4.69) is 0 Å². The first-order valence-electron chi connectivity index (χ1n) is 7.17. The van der Waals surface area contributed by atoms with Crippen molar-refractivity contribution < 1.29 is 28.5 Å². The largest absolute Gasteiger partial charge is 0.452 e. The zero-order valence-electron chi connectivity index (χ0n) is 11.7. The zero-order chi connectivity index (χ0) is 14.6. The standard InChI is InChI=1S/C15H14O6/c1-6-5-15-9(7(2)12(16)21-15)10-11-14(20-11,13(17)18-10)4-3-8(6)19-15/h5,8,10-11H,3-4H2,1-2H3/t8-,10+,11-,14+,15+/m0/s1. The summed E-state index contributed by atoms with van der Waals surface area (Å²) in [6, 6.07) is 0. The van der Waals surface area contributed by atoms with Gasteiger partial charge in [-0.3, -0.25) is 0 Å². The quantitative estimate of drug-likeness (QED) is 0.372. The first kappa shape index (κ1) is 11.9. The lowest BCUT2D eigenvalue weighted by atomic mass is 9.89. The van der Waals surface area contributed by atoms with E-state index in [0.29, 0.717) is 24.0 Å². The third-order valence-corrected chi connectivity index (χ3v) is 5.23. The first-order valence-corrected chi connectivity index (χ1v) is 7.17. The molecule has 0 aromatic carbocycles. The number of carbonyl (C=O) groups is 2. The molecule has 110 valence electrons. The molecule has 0 saturated carbocycles. The molecule has 0 aromatic heterocycles. The third-order valence-electron chi connectivity index (χ3n) is 5.23. The fourth-order valence-corrected chi connectivity index (χ4v) is 4.06. The van der Waals surface area contributed by atoms with Crippen LogP contribution in [0.1, 0.15) is 26.7 Å². The van der Waals surface area contributed by atoms with Gasteiger partial charge in [0.15, 0.2) is 11.7 Å². The molecule has 0 amide bonds. The molecule has 0 aliphatic carbocycles. The van der Waals surface area contributed by atoms with E-state index >= 15 is 0 Å². The number of fused-ring (bicyclic) bond motifs is 2. The Labute approximate surface area is 120 Å². The minimum Gasteiger partial charge on any atom is -0.452 e. The second-order valence-corrected chi connectivity index (χ2v) is 6.38. The summed E-state index contributed by atoms with van der Waals surface area (Å²) in [5, 5.41) is 0. The van der Waals surface area contributed by atoms with Gasteiger partial charge in [-0.05, 0) is 38.3 Å². The Bertz CT molecular complexity index is 676. The van der Waals surface area contributed by atoms with Crippen LogP contribution in [-0.2, 0) is 28.5 Å². The van der Waals surface area contributed by atoms with Crippen LogP contribution in [0.15, 0.2) is 22.8 Å². The van der Waals surface area contributed by atoms with Crippen LogP contribution in [0.25, 0.3) is 0 Å². The molecule has 5 atom stereocenters. The first-order chi connectivity index (χ1) is 9.97. The molecule has 0 aromatic rings. The van der Waals surface area contributed by atoms with E-state index in [1.165, 1.54) is 0 Å². The van der Waals surface area contributed by atoms with Gasteiger partial charge in [0.2, 0.25) is 0 Å². The van der Waals surface area contributed by atoms with Crippen LogP contribution in [0.3, 0.4) is 0 Å². The maximum absolute atomic E-state index is 12.2. The Morgan fingerprint density at radius 2 is 2.05 bits per heavy atom. The fourth-order valence-electron chi connectivity index (χ4n) is 4.06. The SMILES string of the molecule is CC1=C[C@@]23OC(=O)C(C)=C2[C@H]2OC(=O)[C@]4(CC[C@@H]1O3)O[C@@H]24. The molecular weight excluding hydrogens is 276 g/mol.